The second-order valence-electron chi connectivity index (χ2n) is 4.06. The van der Waals surface area contributed by atoms with Crippen LogP contribution in [0.2, 0.25) is 0 Å². The van der Waals surface area contributed by atoms with Crippen LogP contribution < -0.4 is 4.74 Å². The van der Waals surface area contributed by atoms with Crippen LogP contribution in [0, 0.1) is 10.1 Å². The number of nitro benzene ring substituents is 1. The summed E-state index contributed by atoms with van der Waals surface area (Å²) in [6, 6.07) is 4.45. The molecular weight excluding hydrogens is 290 g/mol. The Morgan fingerprint density at radius 3 is 2.76 bits per heavy atom. The van der Waals surface area contributed by atoms with Crippen molar-refractivity contribution in [2.45, 2.75) is 31.5 Å². The molecule has 5 nitrogen and oxygen atoms in total. The van der Waals surface area contributed by atoms with E-state index in [1.807, 2.05) is 0 Å². The van der Waals surface area contributed by atoms with Crippen LogP contribution in [0.3, 0.4) is 0 Å². The molecule has 0 spiro atoms. The van der Waals surface area contributed by atoms with Crippen LogP contribution in [0.4, 0.5) is 5.69 Å². The maximum Gasteiger partial charge on any atom is 0.274 e. The number of aliphatic hydroxyl groups is 1. The van der Waals surface area contributed by atoms with Crippen molar-refractivity contribution < 1.29 is 14.8 Å². The van der Waals surface area contributed by atoms with E-state index in [9.17, 15) is 15.2 Å². The van der Waals surface area contributed by atoms with E-state index in [2.05, 4.69) is 15.9 Å². The Morgan fingerprint density at radius 1 is 1.41 bits per heavy atom. The van der Waals surface area contributed by atoms with Crippen molar-refractivity contribution in [1.82, 2.24) is 0 Å². The van der Waals surface area contributed by atoms with Gasteiger partial charge in [-0.1, -0.05) is 15.9 Å². The summed E-state index contributed by atoms with van der Waals surface area (Å²) in [5, 5.41) is 20.3. The van der Waals surface area contributed by atoms with Crippen LogP contribution in [0.1, 0.15) is 19.3 Å². The minimum absolute atomic E-state index is 0.0261. The highest BCUT2D eigenvalue weighted by Gasteiger charge is 2.27. The number of non-ortho nitro benzene ring substituents is 1. The van der Waals surface area contributed by atoms with E-state index in [0.29, 0.717) is 10.2 Å². The predicted molar refractivity (Wildman–Crippen MR) is 65.1 cm³/mol. The molecule has 1 aromatic carbocycles. The first-order valence-electron chi connectivity index (χ1n) is 5.36. The molecule has 1 aliphatic carbocycles. The number of rotatable bonds is 3. The molecule has 17 heavy (non-hydrogen) atoms. The summed E-state index contributed by atoms with van der Waals surface area (Å²) in [5.41, 5.74) is -0.0261. The van der Waals surface area contributed by atoms with Gasteiger partial charge in [-0.05, 0) is 25.3 Å². The van der Waals surface area contributed by atoms with E-state index < -0.39 is 11.0 Å². The van der Waals surface area contributed by atoms with E-state index in [1.54, 1.807) is 6.07 Å². The fourth-order valence-corrected chi connectivity index (χ4v) is 2.40. The van der Waals surface area contributed by atoms with E-state index in [4.69, 9.17) is 4.74 Å². The zero-order chi connectivity index (χ0) is 12.4. The molecule has 2 rings (SSSR count). The van der Waals surface area contributed by atoms with Crippen LogP contribution in [-0.2, 0) is 0 Å². The number of hydrogen-bond donors (Lipinski definition) is 1. The van der Waals surface area contributed by atoms with Gasteiger partial charge in [-0.15, -0.1) is 0 Å². The van der Waals surface area contributed by atoms with Crippen LogP contribution in [0.15, 0.2) is 22.7 Å². The number of nitro groups is 1. The van der Waals surface area contributed by atoms with Crippen molar-refractivity contribution in [2.24, 2.45) is 0 Å². The largest absolute Gasteiger partial charge is 0.487 e. The van der Waals surface area contributed by atoms with Crippen LogP contribution in [-0.4, -0.2) is 22.2 Å². The lowest BCUT2D eigenvalue weighted by atomic mass is 10.2. The Hall–Kier alpha value is -1.14. The topological polar surface area (TPSA) is 72.6 Å². The van der Waals surface area contributed by atoms with Gasteiger partial charge >= 0.3 is 0 Å². The van der Waals surface area contributed by atoms with Crippen molar-refractivity contribution in [3.8, 4) is 5.75 Å². The number of halogens is 1. The highest BCUT2D eigenvalue weighted by molar-refractivity contribution is 9.10. The van der Waals surface area contributed by atoms with Crippen molar-refractivity contribution in [3.05, 3.63) is 32.8 Å². The fourth-order valence-electron chi connectivity index (χ4n) is 1.94. The second kappa shape index (κ2) is 5.01. The summed E-state index contributed by atoms with van der Waals surface area (Å²) >= 11 is 3.20. The van der Waals surface area contributed by atoms with E-state index in [-0.39, 0.29) is 11.8 Å². The van der Waals surface area contributed by atoms with Gasteiger partial charge in [-0.3, -0.25) is 10.1 Å². The van der Waals surface area contributed by atoms with Crippen LogP contribution in [0.5, 0.6) is 5.75 Å². The van der Waals surface area contributed by atoms with Crippen LogP contribution in [0.25, 0.3) is 0 Å². The van der Waals surface area contributed by atoms with Crippen molar-refractivity contribution in [1.29, 1.82) is 0 Å². The Kier molecular flexibility index (Phi) is 3.63. The third-order valence-corrected chi connectivity index (χ3v) is 3.23. The lowest BCUT2D eigenvalue weighted by Crippen LogP contribution is -2.25. The molecule has 1 N–H and O–H groups in total. The van der Waals surface area contributed by atoms with Gasteiger partial charge in [0.1, 0.15) is 11.9 Å². The summed E-state index contributed by atoms with van der Waals surface area (Å²) in [5.74, 6) is 0.414. The zero-order valence-corrected chi connectivity index (χ0v) is 10.6. The highest BCUT2D eigenvalue weighted by Crippen LogP contribution is 2.30. The summed E-state index contributed by atoms with van der Waals surface area (Å²) in [6.07, 6.45) is 1.68. The molecule has 1 fully saturated rings. The monoisotopic (exact) mass is 301 g/mol. The van der Waals surface area contributed by atoms with Crippen LogP contribution >= 0.6 is 15.9 Å². The van der Waals surface area contributed by atoms with Gasteiger partial charge < -0.3 is 9.84 Å². The Labute approximate surface area is 107 Å². The normalized spacial score (nSPS) is 23.6. The Balaban J connectivity index is 2.17. The molecule has 0 heterocycles. The molecule has 0 aliphatic heterocycles. The minimum atomic E-state index is -0.479. The molecule has 0 saturated heterocycles. The van der Waals surface area contributed by atoms with Gasteiger partial charge in [0.2, 0.25) is 0 Å². The SMILES string of the molecule is O=[N+]([O-])c1cc(Br)cc(O[C@H]2CCC[C@@H]2O)c1. The highest BCUT2D eigenvalue weighted by atomic mass is 79.9. The maximum atomic E-state index is 10.7. The number of ether oxygens (including phenoxy) is 1. The predicted octanol–water partition coefficient (Wildman–Crippen LogP) is 2.65. The molecule has 1 saturated carbocycles. The first kappa shape index (κ1) is 12.3. The van der Waals surface area contributed by atoms with Gasteiger partial charge in [0, 0.05) is 10.5 Å². The van der Waals surface area contributed by atoms with Crippen molar-refractivity contribution in [3.63, 3.8) is 0 Å². The third-order valence-electron chi connectivity index (χ3n) is 2.77. The number of aliphatic hydroxyl groups excluding tert-OH is 1. The van der Waals surface area contributed by atoms with Gasteiger partial charge in [0.05, 0.1) is 17.1 Å². The van der Waals surface area contributed by atoms with Crippen molar-refractivity contribution >= 4 is 21.6 Å². The molecule has 0 aromatic heterocycles. The van der Waals surface area contributed by atoms with Crippen molar-refractivity contribution in [2.75, 3.05) is 0 Å². The molecule has 92 valence electrons. The average Bonchev–Trinajstić information content (AvgIpc) is 2.63. The first-order chi connectivity index (χ1) is 8.06. The minimum Gasteiger partial charge on any atom is -0.487 e. The second-order valence-corrected chi connectivity index (χ2v) is 4.97. The van der Waals surface area contributed by atoms with E-state index in [1.165, 1.54) is 12.1 Å². The summed E-state index contributed by atoms with van der Waals surface area (Å²) in [6.45, 7) is 0. The Morgan fingerprint density at radius 2 is 2.18 bits per heavy atom. The number of benzene rings is 1. The lowest BCUT2D eigenvalue weighted by Gasteiger charge is -2.17. The van der Waals surface area contributed by atoms with Gasteiger partial charge in [-0.25, -0.2) is 0 Å². The number of nitrogens with zero attached hydrogens (tertiary/aromatic N) is 1. The molecule has 0 amide bonds. The average molecular weight is 302 g/mol. The standard InChI is InChI=1S/C11H12BrNO4/c12-7-4-8(13(15)16)6-9(5-7)17-11-3-1-2-10(11)14/h4-6,10-11,14H,1-3H2/t10-,11-/m0/s1. The Bertz CT molecular complexity index is 437. The molecular formula is C11H12BrNO4. The summed E-state index contributed by atoms with van der Waals surface area (Å²) in [4.78, 5) is 10.2. The zero-order valence-electron chi connectivity index (χ0n) is 9.01. The molecule has 2 atom stereocenters. The molecule has 0 unspecified atom stereocenters. The molecule has 6 heteroatoms. The summed E-state index contributed by atoms with van der Waals surface area (Å²) < 4.78 is 6.17. The van der Waals surface area contributed by atoms with E-state index >= 15 is 0 Å². The third kappa shape index (κ3) is 2.95. The molecule has 0 bridgehead atoms. The lowest BCUT2D eigenvalue weighted by molar-refractivity contribution is -0.385. The van der Waals surface area contributed by atoms with E-state index in [0.717, 1.165) is 19.3 Å². The van der Waals surface area contributed by atoms with Gasteiger partial charge in [0.25, 0.3) is 5.69 Å². The molecule has 0 radical (unpaired) electrons. The fraction of sp³-hybridized carbons (Fsp3) is 0.455. The summed E-state index contributed by atoms with van der Waals surface area (Å²) in [7, 11) is 0. The molecule has 1 aromatic rings. The smallest absolute Gasteiger partial charge is 0.274 e. The maximum absolute atomic E-state index is 10.7. The quantitative estimate of drug-likeness (QED) is 0.688. The first-order valence-corrected chi connectivity index (χ1v) is 6.15. The molecule has 1 aliphatic rings. The number of hydrogen-bond acceptors (Lipinski definition) is 4. The van der Waals surface area contributed by atoms with Gasteiger partial charge in [-0.2, -0.15) is 0 Å². The van der Waals surface area contributed by atoms with Gasteiger partial charge in [0.15, 0.2) is 0 Å².